The number of carbonyl (C=O) groups is 2. The average Bonchev–Trinajstić information content (AvgIpc) is 3.06. The molecular formula is C13H10FN3O3S. The smallest absolute Gasteiger partial charge is 0.308 e. The molecule has 21 heavy (non-hydrogen) atoms. The van der Waals surface area contributed by atoms with Crippen molar-refractivity contribution >= 4 is 28.3 Å². The number of aromatic nitrogens is 2. The fourth-order valence-corrected chi connectivity index (χ4v) is 2.97. The van der Waals surface area contributed by atoms with Gasteiger partial charge in [0.2, 0.25) is 11.0 Å². The summed E-state index contributed by atoms with van der Waals surface area (Å²) in [5.74, 6) is -2.32. The van der Waals surface area contributed by atoms with Crippen LogP contribution in [0.1, 0.15) is 6.42 Å². The molecule has 108 valence electrons. The van der Waals surface area contributed by atoms with Crippen LogP contribution >= 0.6 is 11.3 Å². The third-order valence-corrected chi connectivity index (χ3v) is 4.21. The Labute approximate surface area is 122 Å². The molecule has 1 unspecified atom stereocenters. The van der Waals surface area contributed by atoms with Crippen molar-refractivity contribution in [3.05, 3.63) is 30.1 Å². The predicted molar refractivity (Wildman–Crippen MR) is 73.4 cm³/mol. The molecule has 0 spiro atoms. The van der Waals surface area contributed by atoms with Crippen molar-refractivity contribution < 1.29 is 19.1 Å². The molecule has 1 saturated heterocycles. The molecule has 3 rings (SSSR count). The van der Waals surface area contributed by atoms with E-state index < -0.39 is 11.9 Å². The van der Waals surface area contributed by atoms with Crippen LogP contribution in [-0.4, -0.2) is 33.7 Å². The Morgan fingerprint density at radius 2 is 2.05 bits per heavy atom. The lowest BCUT2D eigenvalue weighted by atomic mass is 10.1. The van der Waals surface area contributed by atoms with Crippen LogP contribution < -0.4 is 4.90 Å². The highest BCUT2D eigenvalue weighted by molar-refractivity contribution is 7.18. The molecule has 1 fully saturated rings. The van der Waals surface area contributed by atoms with Crippen molar-refractivity contribution in [1.82, 2.24) is 10.2 Å². The number of nitrogens with zero attached hydrogens (tertiary/aromatic N) is 3. The summed E-state index contributed by atoms with van der Waals surface area (Å²) < 4.78 is 12.9. The molecule has 0 radical (unpaired) electrons. The topological polar surface area (TPSA) is 83.4 Å². The number of hydrogen-bond acceptors (Lipinski definition) is 5. The van der Waals surface area contributed by atoms with Crippen molar-refractivity contribution in [3.63, 3.8) is 0 Å². The van der Waals surface area contributed by atoms with Gasteiger partial charge in [0.1, 0.15) is 10.8 Å². The van der Waals surface area contributed by atoms with E-state index in [0.29, 0.717) is 15.7 Å². The Kier molecular flexibility index (Phi) is 3.38. The van der Waals surface area contributed by atoms with Crippen LogP contribution in [0.5, 0.6) is 0 Å². The van der Waals surface area contributed by atoms with Gasteiger partial charge in [0.15, 0.2) is 0 Å². The van der Waals surface area contributed by atoms with E-state index in [9.17, 15) is 14.0 Å². The second kappa shape index (κ2) is 5.21. The molecule has 1 aromatic heterocycles. The molecule has 1 aromatic carbocycles. The highest BCUT2D eigenvalue weighted by Gasteiger charge is 2.36. The van der Waals surface area contributed by atoms with Crippen LogP contribution in [0.15, 0.2) is 24.3 Å². The van der Waals surface area contributed by atoms with Gasteiger partial charge in [-0.2, -0.15) is 0 Å². The lowest BCUT2D eigenvalue weighted by molar-refractivity contribution is -0.141. The fourth-order valence-electron chi connectivity index (χ4n) is 2.09. The van der Waals surface area contributed by atoms with E-state index >= 15 is 0 Å². The molecule has 1 atom stereocenters. The third-order valence-electron chi connectivity index (χ3n) is 3.21. The number of hydrogen-bond donors (Lipinski definition) is 1. The van der Waals surface area contributed by atoms with Gasteiger partial charge in [0.25, 0.3) is 0 Å². The number of halogens is 1. The molecule has 8 heteroatoms. The number of carboxylic acids is 1. The molecule has 6 nitrogen and oxygen atoms in total. The zero-order chi connectivity index (χ0) is 15.0. The van der Waals surface area contributed by atoms with Gasteiger partial charge in [0, 0.05) is 18.5 Å². The first kappa shape index (κ1) is 13.6. The van der Waals surface area contributed by atoms with Crippen LogP contribution in [0.25, 0.3) is 10.6 Å². The van der Waals surface area contributed by atoms with Crippen molar-refractivity contribution in [2.45, 2.75) is 6.42 Å². The maximum atomic E-state index is 12.9. The third kappa shape index (κ3) is 2.62. The normalized spacial score (nSPS) is 18.2. The van der Waals surface area contributed by atoms with Crippen molar-refractivity contribution in [2.24, 2.45) is 5.92 Å². The quantitative estimate of drug-likeness (QED) is 0.934. The van der Waals surface area contributed by atoms with Crippen molar-refractivity contribution in [1.29, 1.82) is 0 Å². The number of aliphatic carboxylic acids is 1. The molecule has 0 aliphatic carbocycles. The summed E-state index contributed by atoms with van der Waals surface area (Å²) >= 11 is 1.17. The largest absolute Gasteiger partial charge is 0.481 e. The second-order valence-corrected chi connectivity index (χ2v) is 5.60. The van der Waals surface area contributed by atoms with Crippen LogP contribution in [-0.2, 0) is 9.59 Å². The maximum absolute atomic E-state index is 12.9. The zero-order valence-corrected chi connectivity index (χ0v) is 11.5. The molecule has 2 aromatic rings. The monoisotopic (exact) mass is 307 g/mol. The summed E-state index contributed by atoms with van der Waals surface area (Å²) in [7, 11) is 0. The molecule has 1 amide bonds. The fraction of sp³-hybridized carbons (Fsp3) is 0.231. The number of carbonyl (C=O) groups excluding carboxylic acids is 1. The summed E-state index contributed by atoms with van der Waals surface area (Å²) in [4.78, 5) is 24.1. The van der Waals surface area contributed by atoms with E-state index in [2.05, 4.69) is 10.2 Å². The molecular weight excluding hydrogens is 297 g/mol. The van der Waals surface area contributed by atoms with Crippen LogP contribution in [0, 0.1) is 11.7 Å². The zero-order valence-electron chi connectivity index (χ0n) is 10.7. The minimum absolute atomic E-state index is 0.0270. The van der Waals surface area contributed by atoms with Gasteiger partial charge >= 0.3 is 5.97 Å². The Morgan fingerprint density at radius 3 is 2.67 bits per heavy atom. The molecule has 1 N–H and O–H groups in total. The maximum Gasteiger partial charge on any atom is 0.308 e. The van der Waals surface area contributed by atoms with Crippen LogP contribution in [0.2, 0.25) is 0 Å². The average molecular weight is 307 g/mol. The van der Waals surface area contributed by atoms with Crippen molar-refractivity contribution in [2.75, 3.05) is 11.4 Å². The number of rotatable bonds is 3. The van der Waals surface area contributed by atoms with Crippen LogP contribution in [0.4, 0.5) is 9.52 Å². The summed E-state index contributed by atoms with van der Waals surface area (Å²) in [5, 5.41) is 17.8. The first-order chi connectivity index (χ1) is 10.0. The van der Waals surface area contributed by atoms with Gasteiger partial charge in [-0.1, -0.05) is 11.3 Å². The minimum atomic E-state index is -0.992. The molecule has 0 bridgehead atoms. The lowest BCUT2D eigenvalue weighted by Gasteiger charge is -2.10. The molecule has 0 saturated carbocycles. The van der Waals surface area contributed by atoms with Gasteiger partial charge in [-0.15, -0.1) is 10.2 Å². The Hall–Kier alpha value is -2.35. The van der Waals surface area contributed by atoms with Gasteiger partial charge in [-0.05, 0) is 24.3 Å². The van der Waals surface area contributed by atoms with Gasteiger partial charge < -0.3 is 5.11 Å². The summed E-state index contributed by atoms with van der Waals surface area (Å²) in [5.41, 5.74) is 0.696. The minimum Gasteiger partial charge on any atom is -0.481 e. The summed E-state index contributed by atoms with van der Waals surface area (Å²) in [6, 6.07) is 5.78. The van der Waals surface area contributed by atoms with E-state index in [0.717, 1.165) is 0 Å². The molecule has 1 aliphatic heterocycles. The van der Waals surface area contributed by atoms with Crippen LogP contribution in [0.3, 0.4) is 0 Å². The first-order valence-corrected chi connectivity index (χ1v) is 6.99. The van der Waals surface area contributed by atoms with Gasteiger partial charge in [-0.25, -0.2) is 4.39 Å². The first-order valence-electron chi connectivity index (χ1n) is 6.17. The second-order valence-electron chi connectivity index (χ2n) is 4.64. The van der Waals surface area contributed by atoms with E-state index in [1.165, 1.54) is 28.4 Å². The highest BCUT2D eigenvalue weighted by Crippen LogP contribution is 2.32. The summed E-state index contributed by atoms with van der Waals surface area (Å²) in [6.07, 6.45) is -0.0270. The van der Waals surface area contributed by atoms with E-state index in [1.807, 2.05) is 0 Å². The SMILES string of the molecule is O=C(O)C1CC(=O)N(c2nnc(-c3ccc(F)cc3)s2)C1. The number of amides is 1. The Bertz CT molecular complexity index is 701. The van der Waals surface area contributed by atoms with E-state index in [1.54, 1.807) is 12.1 Å². The predicted octanol–water partition coefficient (Wildman–Crippen LogP) is 1.78. The van der Waals surface area contributed by atoms with Crippen molar-refractivity contribution in [3.8, 4) is 10.6 Å². The van der Waals surface area contributed by atoms with E-state index in [-0.39, 0.29) is 24.7 Å². The number of benzene rings is 1. The Balaban J connectivity index is 1.84. The number of anilines is 1. The molecule has 1 aliphatic rings. The number of carboxylic acid groups (broad SMARTS) is 1. The highest BCUT2D eigenvalue weighted by atomic mass is 32.1. The Morgan fingerprint density at radius 1 is 1.33 bits per heavy atom. The lowest BCUT2D eigenvalue weighted by Crippen LogP contribution is -2.25. The molecule has 2 heterocycles. The standard InChI is InChI=1S/C13H10FN3O3S/c14-9-3-1-7(2-4-9)11-15-16-13(21-11)17-6-8(12(19)20)5-10(17)18/h1-4,8H,5-6H2,(H,19,20). The van der Waals surface area contributed by atoms with Gasteiger partial charge in [-0.3, -0.25) is 14.5 Å². The van der Waals surface area contributed by atoms with E-state index in [4.69, 9.17) is 5.11 Å². The summed E-state index contributed by atoms with van der Waals surface area (Å²) in [6.45, 7) is 0.103. The van der Waals surface area contributed by atoms with Gasteiger partial charge in [0.05, 0.1) is 5.92 Å².